The molecule has 2 aromatic heterocycles. The maximum absolute atomic E-state index is 5.74. The Bertz CT molecular complexity index is 676. The largest absolute Gasteiger partial charge is 0.431 e. The third kappa shape index (κ3) is 2.97. The average Bonchev–Trinajstić information content (AvgIpc) is 2.82. The van der Waals surface area contributed by atoms with Gasteiger partial charge in [-0.05, 0) is 31.0 Å². The van der Waals surface area contributed by atoms with Crippen molar-refractivity contribution < 1.29 is 4.42 Å². The van der Waals surface area contributed by atoms with Crippen LogP contribution >= 0.6 is 11.8 Å². The van der Waals surface area contributed by atoms with E-state index >= 15 is 0 Å². The predicted octanol–water partition coefficient (Wildman–Crippen LogP) is 2.66. The fourth-order valence-electron chi connectivity index (χ4n) is 1.85. The van der Waals surface area contributed by atoms with E-state index in [2.05, 4.69) is 15.0 Å². The van der Waals surface area contributed by atoms with Crippen LogP contribution in [0.3, 0.4) is 0 Å². The molecule has 3 rings (SSSR count). The van der Waals surface area contributed by atoms with Gasteiger partial charge < -0.3 is 10.2 Å². The molecule has 0 aliphatic carbocycles. The molecule has 1 aromatic carbocycles. The van der Waals surface area contributed by atoms with Crippen LogP contribution in [-0.4, -0.2) is 21.0 Å². The number of benzene rings is 1. The predicted molar refractivity (Wildman–Crippen MR) is 77.5 cm³/mol. The van der Waals surface area contributed by atoms with E-state index in [1.54, 1.807) is 12.4 Å². The third-order valence-electron chi connectivity index (χ3n) is 2.69. The van der Waals surface area contributed by atoms with Crippen LogP contribution in [-0.2, 0) is 6.42 Å². The SMILES string of the molecule is CC(N)Cc1cnc(Sc2nc3ccccc3o2)nc1. The minimum atomic E-state index is 0.106. The summed E-state index contributed by atoms with van der Waals surface area (Å²) in [6.45, 7) is 1.96. The number of hydrogen-bond acceptors (Lipinski definition) is 6. The molecule has 1 atom stereocenters. The molecule has 0 amide bonds. The molecule has 0 radical (unpaired) electrons. The van der Waals surface area contributed by atoms with E-state index in [1.165, 1.54) is 11.8 Å². The van der Waals surface area contributed by atoms with Gasteiger partial charge in [0, 0.05) is 30.2 Å². The first-order valence-electron chi connectivity index (χ1n) is 6.30. The standard InChI is InChI=1S/C14H14N4OS/c1-9(15)6-10-7-16-13(17-8-10)20-14-18-11-4-2-3-5-12(11)19-14/h2-5,7-9H,6,15H2,1H3. The van der Waals surface area contributed by atoms with Crippen LogP contribution in [0.4, 0.5) is 0 Å². The second-order valence-electron chi connectivity index (χ2n) is 4.60. The Morgan fingerprint density at radius 3 is 2.70 bits per heavy atom. The van der Waals surface area contributed by atoms with Crippen LogP contribution in [0.15, 0.2) is 51.5 Å². The molecule has 5 nitrogen and oxygen atoms in total. The number of fused-ring (bicyclic) bond motifs is 1. The maximum atomic E-state index is 5.74. The van der Waals surface area contributed by atoms with Gasteiger partial charge in [0.25, 0.3) is 5.22 Å². The lowest BCUT2D eigenvalue weighted by Gasteiger charge is -2.03. The van der Waals surface area contributed by atoms with Crippen molar-refractivity contribution in [1.82, 2.24) is 15.0 Å². The van der Waals surface area contributed by atoms with E-state index in [1.807, 2.05) is 31.2 Å². The first-order chi connectivity index (χ1) is 9.70. The van der Waals surface area contributed by atoms with Crippen molar-refractivity contribution in [3.05, 3.63) is 42.2 Å². The lowest BCUT2D eigenvalue weighted by atomic mass is 10.1. The Labute approximate surface area is 120 Å². The van der Waals surface area contributed by atoms with Crippen molar-refractivity contribution in [2.45, 2.75) is 29.8 Å². The zero-order valence-corrected chi connectivity index (χ0v) is 11.8. The van der Waals surface area contributed by atoms with Crippen molar-refractivity contribution in [2.75, 3.05) is 0 Å². The van der Waals surface area contributed by atoms with Crippen LogP contribution in [0.25, 0.3) is 11.1 Å². The fraction of sp³-hybridized carbons (Fsp3) is 0.214. The van der Waals surface area contributed by atoms with Gasteiger partial charge in [-0.15, -0.1) is 0 Å². The van der Waals surface area contributed by atoms with Gasteiger partial charge in [0.2, 0.25) is 0 Å². The highest BCUT2D eigenvalue weighted by molar-refractivity contribution is 7.98. The Hall–Kier alpha value is -1.92. The van der Waals surface area contributed by atoms with Crippen molar-refractivity contribution in [3.63, 3.8) is 0 Å². The minimum absolute atomic E-state index is 0.106. The van der Waals surface area contributed by atoms with Gasteiger partial charge in [-0.25, -0.2) is 15.0 Å². The third-order valence-corrected chi connectivity index (χ3v) is 3.43. The zero-order chi connectivity index (χ0) is 13.9. The van der Waals surface area contributed by atoms with Gasteiger partial charge in [0.05, 0.1) is 0 Å². The van der Waals surface area contributed by atoms with Crippen molar-refractivity contribution in [3.8, 4) is 0 Å². The Kier molecular flexibility index (Phi) is 3.66. The number of hydrogen-bond donors (Lipinski definition) is 1. The second kappa shape index (κ2) is 5.60. The van der Waals surface area contributed by atoms with Crippen molar-refractivity contribution in [2.24, 2.45) is 5.73 Å². The summed E-state index contributed by atoms with van der Waals surface area (Å²) in [5.41, 5.74) is 8.38. The van der Waals surface area contributed by atoms with E-state index in [9.17, 15) is 0 Å². The van der Waals surface area contributed by atoms with Gasteiger partial charge in [0.15, 0.2) is 10.7 Å². The molecule has 0 saturated carbocycles. The zero-order valence-electron chi connectivity index (χ0n) is 11.0. The number of oxazole rings is 1. The first-order valence-corrected chi connectivity index (χ1v) is 7.12. The lowest BCUT2D eigenvalue weighted by molar-refractivity contribution is 0.488. The number of nitrogens with two attached hydrogens (primary N) is 1. The highest BCUT2D eigenvalue weighted by Gasteiger charge is 2.09. The van der Waals surface area contributed by atoms with E-state index in [4.69, 9.17) is 10.2 Å². The van der Waals surface area contributed by atoms with E-state index in [0.29, 0.717) is 10.4 Å². The summed E-state index contributed by atoms with van der Waals surface area (Å²) < 4.78 is 5.62. The highest BCUT2D eigenvalue weighted by atomic mass is 32.2. The topological polar surface area (TPSA) is 77.8 Å². The van der Waals surface area contributed by atoms with Gasteiger partial charge in [-0.2, -0.15) is 0 Å². The summed E-state index contributed by atoms with van der Waals surface area (Å²) in [5.74, 6) is 0. The smallest absolute Gasteiger partial charge is 0.264 e. The average molecular weight is 286 g/mol. The molecule has 0 aliphatic heterocycles. The number of rotatable bonds is 4. The molecule has 0 fully saturated rings. The van der Waals surface area contributed by atoms with Gasteiger partial charge in [-0.1, -0.05) is 12.1 Å². The molecule has 2 N–H and O–H groups in total. The van der Waals surface area contributed by atoms with E-state index in [0.717, 1.165) is 23.1 Å². The summed E-state index contributed by atoms with van der Waals surface area (Å²) >= 11 is 1.31. The Morgan fingerprint density at radius 1 is 1.25 bits per heavy atom. The van der Waals surface area contributed by atoms with Crippen LogP contribution in [0, 0.1) is 0 Å². The summed E-state index contributed by atoms with van der Waals surface area (Å²) in [7, 11) is 0. The van der Waals surface area contributed by atoms with E-state index < -0.39 is 0 Å². The lowest BCUT2D eigenvalue weighted by Crippen LogP contribution is -2.17. The minimum Gasteiger partial charge on any atom is -0.431 e. The van der Waals surface area contributed by atoms with Crippen molar-refractivity contribution in [1.29, 1.82) is 0 Å². The molecule has 6 heteroatoms. The molecule has 0 aliphatic rings. The number of para-hydroxylation sites is 2. The molecule has 102 valence electrons. The molecule has 3 aromatic rings. The molecule has 0 bridgehead atoms. The molecule has 20 heavy (non-hydrogen) atoms. The van der Waals surface area contributed by atoms with Crippen LogP contribution in [0.1, 0.15) is 12.5 Å². The summed E-state index contributed by atoms with van der Waals surface area (Å²) in [5, 5.41) is 1.16. The molecule has 2 heterocycles. The Balaban J connectivity index is 1.76. The molecule has 1 unspecified atom stereocenters. The van der Waals surface area contributed by atoms with Crippen LogP contribution < -0.4 is 5.73 Å². The van der Waals surface area contributed by atoms with Crippen LogP contribution in [0.2, 0.25) is 0 Å². The quantitative estimate of drug-likeness (QED) is 0.743. The second-order valence-corrected chi connectivity index (χ2v) is 5.52. The number of nitrogens with zero attached hydrogens (tertiary/aromatic N) is 3. The monoisotopic (exact) mass is 286 g/mol. The van der Waals surface area contributed by atoms with Gasteiger partial charge in [0.1, 0.15) is 5.52 Å². The molecular formula is C14H14N4OS. The van der Waals surface area contributed by atoms with Crippen molar-refractivity contribution >= 4 is 22.9 Å². The fourth-order valence-corrected chi connectivity index (χ4v) is 2.49. The maximum Gasteiger partial charge on any atom is 0.264 e. The molecular weight excluding hydrogens is 272 g/mol. The van der Waals surface area contributed by atoms with Gasteiger partial charge in [-0.3, -0.25) is 0 Å². The summed E-state index contributed by atoms with van der Waals surface area (Å²) in [6, 6.07) is 7.75. The molecule has 0 spiro atoms. The Morgan fingerprint density at radius 2 is 2.00 bits per heavy atom. The van der Waals surface area contributed by atoms with E-state index in [-0.39, 0.29) is 6.04 Å². The highest BCUT2D eigenvalue weighted by Crippen LogP contribution is 2.27. The summed E-state index contributed by atoms with van der Waals surface area (Å²) in [4.78, 5) is 13.0. The number of aromatic nitrogens is 3. The van der Waals surface area contributed by atoms with Gasteiger partial charge >= 0.3 is 0 Å². The normalized spacial score (nSPS) is 12.7. The molecule has 0 saturated heterocycles. The van der Waals surface area contributed by atoms with Crippen LogP contribution in [0.5, 0.6) is 0 Å². The summed E-state index contributed by atoms with van der Waals surface area (Å²) in [6.07, 6.45) is 4.36. The first kappa shape index (κ1) is 13.1.